The molecule has 16 atom stereocenters. The van der Waals surface area contributed by atoms with E-state index in [0.29, 0.717) is 35.3 Å². The highest BCUT2D eigenvalue weighted by Gasteiger charge is 2.66. The van der Waals surface area contributed by atoms with E-state index in [1.807, 2.05) is 60.7 Å². The van der Waals surface area contributed by atoms with E-state index in [4.69, 9.17) is 121 Å². The third-order valence-corrected chi connectivity index (χ3v) is 23.2. The number of amides is 3. The van der Waals surface area contributed by atoms with E-state index >= 15 is 0 Å². The van der Waals surface area contributed by atoms with Gasteiger partial charge in [0.05, 0.1) is 40.0 Å². The highest BCUT2D eigenvalue weighted by atomic mass is 35.6. The Balaban J connectivity index is 1.34. The van der Waals surface area contributed by atoms with Crippen molar-refractivity contribution in [2.45, 2.75) is 208 Å². The maximum atomic E-state index is 15.0. The lowest BCUT2D eigenvalue weighted by atomic mass is 9.88. The number of azide groups is 1. The van der Waals surface area contributed by atoms with Crippen molar-refractivity contribution in [2.24, 2.45) is 5.11 Å². The van der Waals surface area contributed by atoms with Crippen molar-refractivity contribution in [3.8, 4) is 0 Å². The Morgan fingerprint density at radius 1 is 0.667 bits per heavy atom. The molecule has 4 aromatic carbocycles. The number of carbonyl (C=O) groups is 9. The number of ether oxygens (including phenoxy) is 16. The molecule has 3 amide bonds. The first-order valence-electron chi connectivity index (χ1n) is 34.8. The van der Waals surface area contributed by atoms with E-state index in [9.17, 15) is 43.2 Å². The van der Waals surface area contributed by atoms with Crippen molar-refractivity contribution >= 4 is 107 Å². The minimum atomic E-state index is -3.52. The van der Waals surface area contributed by atoms with Crippen LogP contribution in [0.25, 0.3) is 10.4 Å². The molecule has 0 aromatic heterocycles. The van der Waals surface area contributed by atoms with Gasteiger partial charge in [-0.15, -0.1) is 0 Å². The summed E-state index contributed by atoms with van der Waals surface area (Å²) in [6.45, 7) is 9.15. The van der Waals surface area contributed by atoms with Crippen molar-refractivity contribution in [1.29, 1.82) is 0 Å². The number of nitrogens with zero attached hydrogens (tertiary/aromatic N) is 4. The average molecular weight is 1590 g/mol. The number of hydrogen-bond acceptors (Lipinski definition) is 27. The molecule has 1 N–H and O–H groups in total. The first kappa shape index (κ1) is 85.6. The number of imide groups is 1. The number of alkyl carbamates (subject to hydrolysis) is 1. The third kappa shape index (κ3) is 22.8. The molecule has 588 valence electrons. The molecule has 31 nitrogen and oxygen atoms in total. The van der Waals surface area contributed by atoms with E-state index in [2.05, 4.69) is 36.1 Å². The summed E-state index contributed by atoms with van der Waals surface area (Å²) in [7, 11) is -2.57. The van der Waals surface area contributed by atoms with E-state index < -0.39 is 195 Å². The molecule has 0 aliphatic carbocycles. The number of halogens is 3. The summed E-state index contributed by atoms with van der Waals surface area (Å²) < 4.78 is 107. The first-order chi connectivity index (χ1) is 51.4. The Labute approximate surface area is 640 Å². The molecule has 4 heterocycles. The fraction of sp³-hybridized carbons (Fsp3) is 0.548. The molecule has 4 aromatic rings. The highest BCUT2D eigenvalue weighted by Crippen LogP contribution is 2.45. The Bertz CT molecular complexity index is 3690. The minimum absolute atomic E-state index is 0.0482. The van der Waals surface area contributed by atoms with Gasteiger partial charge in [0.15, 0.2) is 37.0 Å². The van der Waals surface area contributed by atoms with Crippen LogP contribution in [0.1, 0.15) is 99.1 Å². The smallest absolute Gasteiger partial charge is 0.417 e. The normalized spacial score (nSPS) is 25.4. The zero-order valence-corrected chi connectivity index (χ0v) is 64.5. The second-order valence-corrected chi connectivity index (χ2v) is 33.6. The molecule has 8 rings (SSSR count). The monoisotopic (exact) mass is 1590 g/mol. The van der Waals surface area contributed by atoms with Crippen molar-refractivity contribution in [2.75, 3.05) is 46.7 Å². The largest absolute Gasteiger partial charge is 0.465 e. The fourth-order valence-electron chi connectivity index (χ4n) is 13.4. The predicted octanol–water partition coefficient (Wildman–Crippen LogP) is 8.23. The van der Waals surface area contributed by atoms with Crippen LogP contribution in [0.4, 0.5) is 9.59 Å². The van der Waals surface area contributed by atoms with Gasteiger partial charge < -0.3 is 85.5 Å². The maximum Gasteiger partial charge on any atom is 0.417 e. The van der Waals surface area contributed by atoms with Crippen LogP contribution < -0.4 is 15.7 Å². The molecule has 35 heteroatoms. The molecule has 4 aliphatic heterocycles. The van der Waals surface area contributed by atoms with E-state index in [1.165, 1.54) is 0 Å². The summed E-state index contributed by atoms with van der Waals surface area (Å²) >= 11 is 18.4. The molecular formula is C73H90Cl3N5O26Si. The van der Waals surface area contributed by atoms with Crippen LogP contribution in [-0.4, -0.2) is 215 Å². The zero-order chi connectivity index (χ0) is 78.5. The lowest BCUT2D eigenvalue weighted by Gasteiger charge is -2.51. The predicted molar refractivity (Wildman–Crippen MR) is 384 cm³/mol. The number of benzene rings is 4. The van der Waals surface area contributed by atoms with Gasteiger partial charge in [0.25, 0.3) is 14.1 Å². The molecule has 0 radical (unpaired) electrons. The summed E-state index contributed by atoms with van der Waals surface area (Å²) in [6, 6.07) is 33.5. The Hall–Kier alpha value is -8.05. The second kappa shape index (κ2) is 39.5. The summed E-state index contributed by atoms with van der Waals surface area (Å²) in [6.07, 6.45) is -24.5. The SMILES string of the molecule is COC(=O)[C@]1(OC[C@H]2O[C@@H](O[C@@H]3[C@@H](OC(C)=O)[C@H](OCCCCCN=[N+]=[N-])O[C@H](CO[Si](c4ccccc4)(c4ccccc4)C(C)(C)C)[C@H]3OCc3ccccc3)[C@H](NC(=O)OCC(Cl)(Cl)Cl)[C@@H](OC(C)=O)[C@@H]2OCc2ccccc2)C[C@@H]2OC(=O)N(C(C)=O)[C@H]2[C@H]([C@H](OC(C)=O)[C@@H](COC(C)=O)OC(C)=O)O1. The number of carbonyl (C=O) groups excluding carboxylic acids is 9. The van der Waals surface area contributed by atoms with Gasteiger partial charge in [0, 0.05) is 59.6 Å². The molecule has 0 unspecified atom stereocenters. The van der Waals surface area contributed by atoms with Gasteiger partial charge in [-0.1, -0.05) is 188 Å². The van der Waals surface area contributed by atoms with Crippen LogP contribution in [0.3, 0.4) is 0 Å². The molecule has 0 spiro atoms. The van der Waals surface area contributed by atoms with Crippen LogP contribution in [0.5, 0.6) is 0 Å². The molecular weight excluding hydrogens is 1500 g/mol. The van der Waals surface area contributed by atoms with Gasteiger partial charge in [0.2, 0.25) is 9.70 Å². The summed E-state index contributed by atoms with van der Waals surface area (Å²) in [5, 5.41) is 7.48. The molecule has 4 saturated heterocycles. The van der Waals surface area contributed by atoms with Gasteiger partial charge in [-0.05, 0) is 44.9 Å². The average Bonchev–Trinajstić information content (AvgIpc) is 1.55. The zero-order valence-electron chi connectivity index (χ0n) is 61.2. The van der Waals surface area contributed by atoms with Crippen molar-refractivity contribution in [1.82, 2.24) is 10.2 Å². The number of esters is 6. The number of unbranched alkanes of at least 4 members (excludes halogenated alkanes) is 2. The number of fused-ring (bicyclic) bond motifs is 1. The minimum Gasteiger partial charge on any atom is -0.465 e. The van der Waals surface area contributed by atoms with Crippen molar-refractivity contribution in [3.05, 3.63) is 143 Å². The number of hydrogen-bond donors (Lipinski definition) is 1. The Kier molecular flexibility index (Phi) is 31.3. The number of nitrogens with one attached hydrogen (secondary N) is 1. The lowest BCUT2D eigenvalue weighted by Crippen LogP contribution is -2.71. The van der Waals surface area contributed by atoms with Crippen molar-refractivity contribution < 1.29 is 123 Å². The molecule has 0 bridgehead atoms. The Morgan fingerprint density at radius 3 is 1.73 bits per heavy atom. The van der Waals surface area contributed by atoms with Crippen LogP contribution in [0, 0.1) is 0 Å². The fourth-order valence-corrected chi connectivity index (χ4v) is 18.2. The van der Waals surface area contributed by atoms with Gasteiger partial charge in [0.1, 0.15) is 68.0 Å². The molecule has 4 aliphatic rings. The summed E-state index contributed by atoms with van der Waals surface area (Å²) in [4.78, 5) is 127. The van der Waals surface area contributed by atoms with Gasteiger partial charge in [-0.2, -0.15) is 0 Å². The third-order valence-electron chi connectivity index (χ3n) is 17.8. The Morgan fingerprint density at radius 2 is 1.21 bits per heavy atom. The van der Waals surface area contributed by atoms with Gasteiger partial charge in [-0.3, -0.25) is 28.8 Å². The quantitative estimate of drug-likeness (QED) is 0.00672. The van der Waals surface area contributed by atoms with Crippen LogP contribution in [0.15, 0.2) is 126 Å². The number of rotatable bonds is 34. The first-order valence-corrected chi connectivity index (χ1v) is 37.8. The molecule has 108 heavy (non-hydrogen) atoms. The van der Waals surface area contributed by atoms with E-state index in [1.54, 1.807) is 60.7 Å². The lowest BCUT2D eigenvalue weighted by molar-refractivity contribution is -0.362. The molecule has 0 saturated carbocycles. The van der Waals surface area contributed by atoms with Gasteiger partial charge in [-0.25, -0.2) is 19.3 Å². The number of methoxy groups -OCH3 is 1. The van der Waals surface area contributed by atoms with E-state index in [0.717, 1.165) is 59.0 Å². The summed E-state index contributed by atoms with van der Waals surface area (Å²) in [5.41, 5.74) is 10.2. The highest BCUT2D eigenvalue weighted by molar-refractivity contribution is 6.99. The van der Waals surface area contributed by atoms with Crippen LogP contribution in [-0.2, 0) is 127 Å². The topological polar surface area (TPSA) is 375 Å². The second-order valence-electron chi connectivity index (χ2n) is 26.7. The number of alkyl halides is 3. The van der Waals surface area contributed by atoms with Crippen LogP contribution in [0.2, 0.25) is 5.04 Å². The van der Waals surface area contributed by atoms with Crippen LogP contribution >= 0.6 is 34.8 Å². The standard InChI is InChI=1S/C73H90Cl3N5O26Si/c1-43(82)81-58-53(105-70(81)90)36-72(68(88)91-10,107-63(58)61(100-46(4)85)54(99-45(3)84)39-93-44(2)83)97-40-55-59(94-37-49-26-16-11-17-27-49)62(101-47(5)86)57(79-69(89)96-42-73(74,75)76)66(103-55)106-64-60(95-38-50-28-18-12-19-29-50)56(104-67(65(64)102-48(6)87)92-35-25-15-24-34-78-80-77)41-98-108(71(7,8)9,51-30-20-13-21-31-51)52-32-22-14-23-33-52/h11-14,16-23,26-33,53-67H,15,24-25,34-42H2,1-10H3,(H,79,89)/t53-,54+,55+,56+,57+,58+,59+,60+,61+,62+,63+,64-,65+,66-,67+,72-/m0/s1. The van der Waals surface area contributed by atoms with E-state index in [-0.39, 0.29) is 33.0 Å². The summed E-state index contributed by atoms with van der Waals surface area (Å²) in [5.74, 6) is -9.96. The maximum absolute atomic E-state index is 15.0. The van der Waals surface area contributed by atoms with Crippen molar-refractivity contribution in [3.63, 3.8) is 0 Å². The molecule has 4 fully saturated rings. The van der Waals surface area contributed by atoms with Gasteiger partial charge >= 0.3 is 48.0 Å².